The minimum absolute atomic E-state index is 0.169. The van der Waals surface area contributed by atoms with Crippen LogP contribution in [0.4, 0.5) is 17.1 Å². The van der Waals surface area contributed by atoms with Gasteiger partial charge < -0.3 is 20.1 Å². The first-order chi connectivity index (χ1) is 24.6. The van der Waals surface area contributed by atoms with E-state index in [1.54, 1.807) is 23.1 Å². The molecule has 262 valence electrons. The smallest absolute Gasteiger partial charge is 0.255 e. The van der Waals surface area contributed by atoms with Crippen LogP contribution in [0.3, 0.4) is 0 Å². The second kappa shape index (κ2) is 13.7. The summed E-state index contributed by atoms with van der Waals surface area (Å²) in [5.41, 5.74) is 14.8. The molecule has 0 radical (unpaired) electrons. The van der Waals surface area contributed by atoms with Crippen molar-refractivity contribution in [1.82, 2.24) is 15.0 Å². The van der Waals surface area contributed by atoms with Crippen LogP contribution in [0.15, 0.2) is 65.2 Å². The van der Waals surface area contributed by atoms with Gasteiger partial charge in [-0.1, -0.05) is 42.3 Å². The van der Waals surface area contributed by atoms with Crippen molar-refractivity contribution in [3.8, 4) is 17.2 Å². The Morgan fingerprint density at radius 3 is 2.45 bits per heavy atom. The van der Waals surface area contributed by atoms with Crippen LogP contribution in [0, 0.1) is 32.1 Å². The molecule has 1 saturated heterocycles. The molecule has 3 aromatic carbocycles. The van der Waals surface area contributed by atoms with E-state index in [4.69, 9.17) is 10.3 Å². The second-order valence-electron chi connectivity index (χ2n) is 14.3. The van der Waals surface area contributed by atoms with Gasteiger partial charge in [-0.15, -0.1) is 0 Å². The monoisotopic (exact) mass is 684 g/mol. The van der Waals surface area contributed by atoms with Crippen LogP contribution in [0.25, 0.3) is 11.1 Å². The molecule has 10 nitrogen and oxygen atoms in total. The largest absolute Gasteiger partial charge is 0.399 e. The predicted octanol–water partition coefficient (Wildman–Crippen LogP) is 7.28. The first-order valence-electron chi connectivity index (χ1n) is 18.0. The van der Waals surface area contributed by atoms with Crippen LogP contribution >= 0.6 is 0 Å². The van der Waals surface area contributed by atoms with Gasteiger partial charge in [0.25, 0.3) is 11.8 Å². The van der Waals surface area contributed by atoms with Gasteiger partial charge in [0, 0.05) is 54.2 Å². The van der Waals surface area contributed by atoms with E-state index in [9.17, 15) is 19.6 Å². The van der Waals surface area contributed by atoms with Crippen LogP contribution < -0.4 is 10.6 Å². The van der Waals surface area contributed by atoms with Crippen molar-refractivity contribution in [3.05, 3.63) is 94.4 Å². The number of carbonyl (C=O) groups excluding carboxylic acids is 3. The van der Waals surface area contributed by atoms with Crippen LogP contribution in [-0.2, 0) is 21.5 Å². The lowest BCUT2D eigenvalue weighted by molar-refractivity contribution is -0.152. The number of hydrogen-bond donors (Lipinski definition) is 1. The Bertz CT molecular complexity index is 2020. The number of carbonyl (C=O) groups is 3. The summed E-state index contributed by atoms with van der Waals surface area (Å²) in [4.78, 5) is 44.9. The first-order valence-corrected chi connectivity index (χ1v) is 18.0. The molecule has 10 heteroatoms. The molecule has 3 heterocycles. The van der Waals surface area contributed by atoms with Crippen molar-refractivity contribution in [3.63, 3.8) is 0 Å². The summed E-state index contributed by atoms with van der Waals surface area (Å²) in [6, 6.07) is 21.9. The summed E-state index contributed by atoms with van der Waals surface area (Å²) in [6.07, 6.45) is 5.75. The zero-order valence-corrected chi connectivity index (χ0v) is 29.6. The van der Waals surface area contributed by atoms with Gasteiger partial charge in [-0.2, -0.15) is 5.26 Å². The molecule has 51 heavy (non-hydrogen) atoms. The van der Waals surface area contributed by atoms with Gasteiger partial charge in [0.05, 0.1) is 17.2 Å². The van der Waals surface area contributed by atoms with E-state index >= 15 is 0 Å². The van der Waals surface area contributed by atoms with Gasteiger partial charge in [0.1, 0.15) is 11.8 Å². The molecule has 1 unspecified atom stereocenters. The Morgan fingerprint density at radius 1 is 0.980 bits per heavy atom. The average molecular weight is 685 g/mol. The maximum atomic E-state index is 13.6. The SMILES string of the molecule is Cc1ccc(-c2c(C)noc2C)cc1N(CCCCCCN1C(=O)CCC(N2Cc3cc(N)ccc3C2=O)C1=O)c1ccc(C2(C#N)CC2)cc1. The van der Waals surface area contributed by atoms with Crippen LogP contribution in [0.1, 0.15) is 89.9 Å². The quantitative estimate of drug-likeness (QED) is 0.0934. The third-order valence-electron chi connectivity index (χ3n) is 10.9. The number of benzene rings is 3. The Hall–Kier alpha value is -5.43. The summed E-state index contributed by atoms with van der Waals surface area (Å²) in [5, 5.41) is 13.9. The van der Waals surface area contributed by atoms with E-state index in [1.165, 1.54) is 4.90 Å². The molecular weight excluding hydrogens is 640 g/mol. The highest BCUT2D eigenvalue weighted by atomic mass is 16.5. The highest BCUT2D eigenvalue weighted by Crippen LogP contribution is 2.48. The van der Waals surface area contributed by atoms with E-state index in [-0.39, 0.29) is 29.6 Å². The van der Waals surface area contributed by atoms with Crippen molar-refractivity contribution in [1.29, 1.82) is 5.26 Å². The lowest BCUT2D eigenvalue weighted by atomic mass is 9.97. The molecule has 2 fully saturated rings. The zero-order valence-electron chi connectivity index (χ0n) is 29.6. The maximum absolute atomic E-state index is 13.6. The molecule has 3 aliphatic rings. The maximum Gasteiger partial charge on any atom is 0.255 e. The molecule has 0 bridgehead atoms. The van der Waals surface area contributed by atoms with Crippen molar-refractivity contribution in [2.24, 2.45) is 0 Å². The van der Waals surface area contributed by atoms with Gasteiger partial charge in [0.15, 0.2) is 0 Å². The number of aromatic nitrogens is 1. The molecule has 4 aromatic rings. The number of amides is 3. The summed E-state index contributed by atoms with van der Waals surface area (Å²) >= 11 is 0. The van der Waals surface area contributed by atoms with E-state index in [2.05, 4.69) is 65.5 Å². The summed E-state index contributed by atoms with van der Waals surface area (Å²) in [5.74, 6) is 0.149. The van der Waals surface area contributed by atoms with Crippen molar-refractivity contribution in [2.45, 2.75) is 90.1 Å². The Labute approximate surface area is 298 Å². The number of hydrogen-bond acceptors (Lipinski definition) is 8. The normalized spacial score (nSPS) is 17.8. The number of nitrogens with zero attached hydrogens (tertiary/aromatic N) is 5. The molecule has 2 aliphatic heterocycles. The molecular formula is C41H44N6O4. The Balaban J connectivity index is 1.01. The fourth-order valence-electron chi connectivity index (χ4n) is 7.74. The molecule has 1 saturated carbocycles. The number of unbranched alkanes of at least 4 members (excludes halogenated alkanes) is 3. The minimum atomic E-state index is -0.642. The van der Waals surface area contributed by atoms with Gasteiger partial charge in [-0.3, -0.25) is 19.3 Å². The van der Waals surface area contributed by atoms with Gasteiger partial charge >= 0.3 is 0 Å². The first kappa shape index (κ1) is 34.0. The van der Waals surface area contributed by atoms with Gasteiger partial charge in [-0.25, -0.2) is 0 Å². The molecule has 1 aliphatic carbocycles. The van der Waals surface area contributed by atoms with E-state index < -0.39 is 6.04 Å². The number of nitriles is 1. The standard InChI is InChI=1S/C41H44N6O4/c1-26-8-9-29(38-27(2)44-51-28(38)3)23-36(26)45(33-13-10-31(11-14-33)41(25-42)18-19-41)20-6-4-5-7-21-46-37(48)17-16-35(40(46)50)47-24-30-22-32(43)12-15-34(30)39(47)49/h8-15,22-23,35H,4-7,16-21,24,43H2,1-3H3. The van der Waals surface area contributed by atoms with Crippen molar-refractivity contribution in [2.75, 3.05) is 23.7 Å². The van der Waals surface area contributed by atoms with E-state index in [1.807, 2.05) is 13.8 Å². The Morgan fingerprint density at radius 2 is 1.75 bits per heavy atom. The topological polar surface area (TPSA) is 137 Å². The number of piperidine rings is 1. The second-order valence-corrected chi connectivity index (χ2v) is 14.3. The Kier molecular flexibility index (Phi) is 9.15. The van der Waals surface area contributed by atoms with E-state index in [0.717, 1.165) is 89.3 Å². The number of fused-ring (bicyclic) bond motifs is 1. The van der Waals surface area contributed by atoms with Crippen LogP contribution in [-0.4, -0.2) is 51.8 Å². The molecule has 0 spiro atoms. The van der Waals surface area contributed by atoms with Crippen LogP contribution in [0.5, 0.6) is 0 Å². The predicted molar refractivity (Wildman–Crippen MR) is 195 cm³/mol. The average Bonchev–Trinajstić information content (AvgIpc) is 3.77. The third kappa shape index (κ3) is 6.49. The number of likely N-dealkylation sites (tertiary alicyclic amines) is 1. The van der Waals surface area contributed by atoms with E-state index in [0.29, 0.717) is 37.2 Å². The molecule has 3 amide bonds. The number of aryl methyl sites for hydroxylation is 3. The van der Waals surface area contributed by atoms with Gasteiger partial charge in [0.2, 0.25) is 5.91 Å². The molecule has 7 rings (SSSR count). The number of nitrogen functional groups attached to an aromatic ring is 1. The summed E-state index contributed by atoms with van der Waals surface area (Å²) < 4.78 is 5.48. The molecule has 1 atom stereocenters. The molecule has 1 aromatic heterocycles. The minimum Gasteiger partial charge on any atom is -0.399 e. The highest BCUT2D eigenvalue weighted by Gasteiger charge is 2.45. The number of nitrogens with two attached hydrogens (primary N) is 1. The van der Waals surface area contributed by atoms with Crippen LogP contribution in [0.2, 0.25) is 0 Å². The number of anilines is 3. The summed E-state index contributed by atoms with van der Waals surface area (Å²) in [6.45, 7) is 7.45. The van der Waals surface area contributed by atoms with Crippen molar-refractivity contribution >= 4 is 34.8 Å². The third-order valence-corrected chi connectivity index (χ3v) is 10.9. The fraction of sp³-hybridized carbons (Fsp3) is 0.390. The number of rotatable bonds is 12. The zero-order chi connectivity index (χ0) is 35.9. The fourth-order valence-corrected chi connectivity index (χ4v) is 7.74. The lowest BCUT2D eigenvalue weighted by Crippen LogP contribution is -2.54. The lowest BCUT2D eigenvalue weighted by Gasteiger charge is -2.35. The van der Waals surface area contributed by atoms with Gasteiger partial charge in [-0.05, 0) is 112 Å². The molecule has 2 N–H and O–H groups in total. The number of imide groups is 1. The highest BCUT2D eigenvalue weighted by molar-refractivity contribution is 6.05. The van der Waals surface area contributed by atoms with Crippen molar-refractivity contribution < 1.29 is 18.9 Å². The summed E-state index contributed by atoms with van der Waals surface area (Å²) in [7, 11) is 0.